The number of hydrogen-bond acceptors (Lipinski definition) is 6. The van der Waals surface area contributed by atoms with Gasteiger partial charge in [-0.3, -0.25) is 4.90 Å². The van der Waals surface area contributed by atoms with Gasteiger partial charge in [0.05, 0.1) is 28.3 Å². The number of hydrogen-bond donors (Lipinski definition) is 1. The minimum absolute atomic E-state index is 0.157. The van der Waals surface area contributed by atoms with Crippen LogP contribution >= 0.6 is 0 Å². The number of H-pyrrole nitrogens is 1. The minimum atomic E-state index is -5.25. The molecule has 42 heavy (non-hydrogen) atoms. The first kappa shape index (κ1) is 28.2. The topological polar surface area (TPSA) is 93.7 Å². The van der Waals surface area contributed by atoms with Gasteiger partial charge in [-0.1, -0.05) is 36.4 Å². The molecule has 1 atom stereocenters. The molecule has 1 N–H and O–H groups in total. The number of alkyl halides is 3. The molecule has 218 valence electrons. The Morgan fingerprint density at radius 3 is 2.33 bits per heavy atom. The summed E-state index contributed by atoms with van der Waals surface area (Å²) in [6.07, 6.45) is -5.58. The molecule has 8 nitrogen and oxygen atoms in total. The highest BCUT2D eigenvalue weighted by Gasteiger charge is 2.51. The molecule has 2 saturated heterocycles. The van der Waals surface area contributed by atoms with Crippen molar-refractivity contribution in [3.63, 3.8) is 0 Å². The number of amides is 1. The van der Waals surface area contributed by atoms with Gasteiger partial charge < -0.3 is 19.0 Å². The van der Waals surface area contributed by atoms with Gasteiger partial charge in [0.2, 0.25) is 0 Å². The third kappa shape index (κ3) is 5.02. The summed E-state index contributed by atoms with van der Waals surface area (Å²) in [6.45, 7) is 8.26. The molecule has 0 radical (unpaired) electrons. The average Bonchev–Trinajstić information content (AvgIpc) is 3.62. The molecular weight excluding hydrogens is 550 g/mol. The number of nitrogens with zero attached hydrogens (tertiary/aromatic N) is 2. The number of likely N-dealkylation sites (tertiary alicyclic amines) is 1. The Labute approximate surface area is 240 Å². The molecular formula is C30H29BF3N3O5. The summed E-state index contributed by atoms with van der Waals surface area (Å²) >= 11 is 0. The van der Waals surface area contributed by atoms with Gasteiger partial charge in [0.1, 0.15) is 5.82 Å². The van der Waals surface area contributed by atoms with E-state index in [9.17, 15) is 22.8 Å². The highest BCUT2D eigenvalue weighted by atomic mass is 19.4. The maximum Gasteiger partial charge on any atom is 0.494 e. The van der Waals surface area contributed by atoms with Gasteiger partial charge in [-0.25, -0.2) is 14.6 Å². The summed E-state index contributed by atoms with van der Waals surface area (Å²) in [7, 11) is -0.446. The van der Waals surface area contributed by atoms with Crippen molar-refractivity contribution in [3.05, 3.63) is 60.4 Å². The van der Waals surface area contributed by atoms with Crippen molar-refractivity contribution in [1.29, 1.82) is 0 Å². The van der Waals surface area contributed by atoms with Crippen LogP contribution in [-0.4, -0.2) is 58.0 Å². The van der Waals surface area contributed by atoms with Gasteiger partial charge in [0.15, 0.2) is 0 Å². The van der Waals surface area contributed by atoms with E-state index in [0.29, 0.717) is 29.7 Å². The number of fused-ring (bicyclic) bond motifs is 2. The lowest BCUT2D eigenvalue weighted by Gasteiger charge is -2.32. The quantitative estimate of drug-likeness (QED) is 0.181. The van der Waals surface area contributed by atoms with Gasteiger partial charge in [-0.05, 0) is 86.1 Å². The Morgan fingerprint density at radius 1 is 0.976 bits per heavy atom. The van der Waals surface area contributed by atoms with Crippen molar-refractivity contribution in [3.8, 4) is 11.1 Å². The van der Waals surface area contributed by atoms with Crippen molar-refractivity contribution >= 4 is 46.4 Å². The molecule has 4 aromatic rings. The van der Waals surface area contributed by atoms with E-state index >= 15 is 0 Å². The first-order chi connectivity index (χ1) is 19.7. The monoisotopic (exact) mass is 579 g/mol. The highest BCUT2D eigenvalue weighted by Crippen LogP contribution is 2.37. The van der Waals surface area contributed by atoms with Crippen molar-refractivity contribution in [2.75, 3.05) is 6.54 Å². The van der Waals surface area contributed by atoms with E-state index in [2.05, 4.69) is 26.8 Å². The maximum absolute atomic E-state index is 12.6. The molecule has 2 fully saturated rings. The van der Waals surface area contributed by atoms with E-state index in [1.165, 1.54) is 0 Å². The van der Waals surface area contributed by atoms with Crippen LogP contribution in [0.5, 0.6) is 0 Å². The molecule has 12 heteroatoms. The summed E-state index contributed by atoms with van der Waals surface area (Å²) in [6, 6.07) is 17.4. The van der Waals surface area contributed by atoms with E-state index in [1.54, 1.807) is 0 Å². The molecule has 1 aromatic heterocycles. The predicted octanol–water partition coefficient (Wildman–Crippen LogP) is 6.04. The molecule has 1 amide bonds. The number of imidazole rings is 1. The number of esters is 1. The van der Waals surface area contributed by atoms with Crippen LogP contribution < -0.4 is 5.46 Å². The Balaban J connectivity index is 1.23. The lowest BCUT2D eigenvalue weighted by Crippen LogP contribution is -2.41. The van der Waals surface area contributed by atoms with Gasteiger partial charge in [0.25, 0.3) is 0 Å². The molecule has 2 aliphatic heterocycles. The third-order valence-electron chi connectivity index (χ3n) is 8.44. The van der Waals surface area contributed by atoms with Crippen molar-refractivity contribution < 1.29 is 36.8 Å². The lowest BCUT2D eigenvalue weighted by atomic mass is 9.78. The Hall–Kier alpha value is -3.90. The summed E-state index contributed by atoms with van der Waals surface area (Å²) in [4.78, 5) is 32.4. The van der Waals surface area contributed by atoms with Crippen LogP contribution in [0, 0.1) is 0 Å². The van der Waals surface area contributed by atoms with E-state index in [1.807, 2.05) is 70.2 Å². The predicted molar refractivity (Wildman–Crippen MR) is 151 cm³/mol. The third-order valence-corrected chi connectivity index (χ3v) is 8.44. The fraction of sp³-hybridized carbons (Fsp3) is 0.367. The number of rotatable bonds is 3. The second-order valence-electron chi connectivity index (χ2n) is 11.8. The Bertz CT molecular complexity index is 1700. The fourth-order valence-electron chi connectivity index (χ4n) is 5.40. The van der Waals surface area contributed by atoms with Crippen molar-refractivity contribution in [1.82, 2.24) is 14.9 Å². The molecule has 3 heterocycles. The van der Waals surface area contributed by atoms with E-state index in [-0.39, 0.29) is 6.54 Å². The van der Waals surface area contributed by atoms with Gasteiger partial charge in [-0.2, -0.15) is 13.2 Å². The van der Waals surface area contributed by atoms with Crippen LogP contribution in [0.2, 0.25) is 0 Å². The molecule has 0 spiro atoms. The summed E-state index contributed by atoms with van der Waals surface area (Å²) in [5.74, 6) is -2.11. The maximum atomic E-state index is 12.6. The standard InChI is InChI=1S/C30H29BF3N3O5/c1-28(2)29(3,4)42-31(41-28)21-11-9-18-14-17(7-8-19(18)15-21)20-10-12-22-23(16-20)36-25(35-22)24-6-5-13-37(24)27(39)40-26(38)30(32,33)34/h7-12,14-16,24H,5-6,13H2,1-4H3,(H,35,36). The SMILES string of the molecule is CC1(C)OB(c2ccc3cc(-c4ccc5nc(C6CCCN6C(=O)OC(=O)C(F)(F)F)[nH]c5c4)ccc3c2)OC1(C)C. The van der Waals surface area contributed by atoms with Gasteiger partial charge >= 0.3 is 25.4 Å². The molecule has 0 saturated carbocycles. The number of carbonyl (C=O) groups excluding carboxylic acids is 2. The first-order valence-electron chi connectivity index (χ1n) is 13.7. The Kier molecular flexibility index (Phi) is 6.62. The molecule has 6 rings (SSSR count). The zero-order valence-corrected chi connectivity index (χ0v) is 23.5. The van der Waals surface area contributed by atoms with E-state index in [4.69, 9.17) is 9.31 Å². The number of aromatic amines is 1. The molecule has 3 aromatic carbocycles. The number of halogens is 3. The van der Waals surface area contributed by atoms with Gasteiger partial charge in [0, 0.05) is 6.54 Å². The van der Waals surface area contributed by atoms with Gasteiger partial charge in [-0.15, -0.1) is 0 Å². The number of carbonyl (C=O) groups is 2. The van der Waals surface area contributed by atoms with Crippen LogP contribution in [0.1, 0.15) is 52.4 Å². The summed E-state index contributed by atoms with van der Waals surface area (Å²) < 4.78 is 54.2. The first-order valence-corrected chi connectivity index (χ1v) is 13.7. The van der Waals surface area contributed by atoms with Crippen molar-refractivity contribution in [2.45, 2.75) is 64.0 Å². The Morgan fingerprint density at radius 2 is 1.62 bits per heavy atom. The number of nitrogens with one attached hydrogen (secondary N) is 1. The van der Waals surface area contributed by atoms with Crippen LogP contribution in [0.3, 0.4) is 0 Å². The van der Waals surface area contributed by atoms with E-state index in [0.717, 1.165) is 32.3 Å². The molecule has 1 unspecified atom stereocenters. The number of aromatic nitrogens is 2. The smallest absolute Gasteiger partial charge is 0.399 e. The zero-order chi connectivity index (χ0) is 30.0. The van der Waals surface area contributed by atoms with Crippen LogP contribution in [0.25, 0.3) is 32.9 Å². The molecule has 0 bridgehead atoms. The highest BCUT2D eigenvalue weighted by molar-refractivity contribution is 6.62. The minimum Gasteiger partial charge on any atom is -0.399 e. The van der Waals surface area contributed by atoms with Crippen molar-refractivity contribution in [2.24, 2.45) is 0 Å². The zero-order valence-electron chi connectivity index (χ0n) is 23.5. The molecule has 2 aliphatic rings. The normalized spacial score (nSPS) is 20.0. The second kappa shape index (κ2) is 9.84. The average molecular weight is 579 g/mol. The van der Waals surface area contributed by atoms with E-state index < -0.39 is 42.6 Å². The van der Waals surface area contributed by atoms with Crippen LogP contribution in [0.4, 0.5) is 18.0 Å². The summed E-state index contributed by atoms with van der Waals surface area (Å²) in [5.41, 5.74) is 3.39. The lowest BCUT2D eigenvalue weighted by molar-refractivity contribution is -0.193. The largest absolute Gasteiger partial charge is 0.494 e. The number of ether oxygens (including phenoxy) is 1. The second-order valence-corrected chi connectivity index (χ2v) is 11.8. The van der Waals surface area contributed by atoms with Crippen LogP contribution in [-0.2, 0) is 18.8 Å². The summed E-state index contributed by atoms with van der Waals surface area (Å²) in [5, 5.41) is 2.10. The van der Waals surface area contributed by atoms with Crippen LogP contribution in [0.15, 0.2) is 54.6 Å². The molecule has 0 aliphatic carbocycles. The number of benzene rings is 3. The fourth-order valence-corrected chi connectivity index (χ4v) is 5.40.